The lowest BCUT2D eigenvalue weighted by Gasteiger charge is -2.13. The molecule has 0 saturated heterocycles. The number of hydrazine groups is 1. The van der Waals surface area contributed by atoms with E-state index in [2.05, 4.69) is 10.9 Å². The molecule has 3 aromatic rings. The average molecular weight is 477 g/mol. The fourth-order valence-electron chi connectivity index (χ4n) is 3.01. The van der Waals surface area contributed by atoms with Gasteiger partial charge in [0.1, 0.15) is 6.61 Å². The van der Waals surface area contributed by atoms with E-state index in [4.69, 9.17) is 18.9 Å². The number of rotatable bonds is 11. The summed E-state index contributed by atoms with van der Waals surface area (Å²) in [5.74, 6) is 1.11. The maximum Gasteiger partial charge on any atom is 0.276 e. The van der Waals surface area contributed by atoms with Crippen molar-refractivity contribution in [1.82, 2.24) is 10.9 Å². The summed E-state index contributed by atoms with van der Waals surface area (Å²) >= 11 is 0. The lowest BCUT2D eigenvalue weighted by Crippen LogP contribution is -2.43. The number of carbonyl (C=O) groups excluding carboxylic acids is 2. The molecule has 35 heavy (non-hydrogen) atoms. The molecule has 0 aliphatic rings. The Morgan fingerprint density at radius 3 is 2.26 bits per heavy atom. The van der Waals surface area contributed by atoms with Crippen molar-refractivity contribution in [2.75, 3.05) is 20.3 Å². The summed E-state index contributed by atoms with van der Waals surface area (Å²) in [4.78, 5) is 24.1. The topological polar surface area (TPSA) is 95.1 Å². The average Bonchev–Trinajstić information content (AvgIpc) is 2.90. The second-order valence-corrected chi connectivity index (χ2v) is 7.22. The van der Waals surface area contributed by atoms with Gasteiger partial charge in [0.15, 0.2) is 29.6 Å². The molecule has 0 bridgehead atoms. The van der Waals surface area contributed by atoms with Crippen LogP contribution in [0.1, 0.15) is 18.1 Å². The number of hydrogen-bond acceptors (Lipinski definition) is 6. The number of hydrogen-bond donors (Lipinski definition) is 2. The molecule has 3 aromatic carbocycles. The van der Waals surface area contributed by atoms with Crippen LogP contribution in [-0.2, 0) is 16.2 Å². The van der Waals surface area contributed by atoms with Crippen molar-refractivity contribution in [2.45, 2.75) is 13.5 Å². The van der Waals surface area contributed by atoms with Crippen LogP contribution in [0.2, 0.25) is 0 Å². The molecule has 0 heterocycles. The highest BCUT2D eigenvalue weighted by atomic mass is 16.5. The maximum atomic E-state index is 12.1. The fourth-order valence-corrected chi connectivity index (χ4v) is 3.01. The summed E-state index contributed by atoms with van der Waals surface area (Å²) in [5.41, 5.74) is 6.40. The van der Waals surface area contributed by atoms with Gasteiger partial charge in [0.25, 0.3) is 11.8 Å². The van der Waals surface area contributed by atoms with Gasteiger partial charge in [-0.05, 0) is 48.4 Å². The molecule has 8 heteroatoms. The first-order valence-corrected chi connectivity index (χ1v) is 11.0. The van der Waals surface area contributed by atoms with E-state index in [1.807, 2.05) is 43.3 Å². The molecule has 2 amide bonds. The van der Waals surface area contributed by atoms with Crippen molar-refractivity contribution in [2.24, 2.45) is 0 Å². The van der Waals surface area contributed by atoms with E-state index in [0.29, 0.717) is 36.2 Å². The lowest BCUT2D eigenvalue weighted by atomic mass is 10.2. The third-order valence-corrected chi connectivity index (χ3v) is 4.68. The predicted molar refractivity (Wildman–Crippen MR) is 132 cm³/mol. The summed E-state index contributed by atoms with van der Waals surface area (Å²) in [5, 5.41) is 0. The van der Waals surface area contributed by atoms with E-state index >= 15 is 0 Å². The monoisotopic (exact) mass is 476 g/mol. The maximum absolute atomic E-state index is 12.1. The minimum atomic E-state index is -0.517. The number of methoxy groups -OCH3 is 1. The third-order valence-electron chi connectivity index (χ3n) is 4.68. The van der Waals surface area contributed by atoms with Crippen molar-refractivity contribution >= 4 is 17.9 Å². The first-order valence-electron chi connectivity index (χ1n) is 11.0. The van der Waals surface area contributed by atoms with Crippen LogP contribution in [0, 0.1) is 0 Å². The van der Waals surface area contributed by atoms with Crippen LogP contribution in [0.4, 0.5) is 0 Å². The molecule has 0 fully saturated rings. The van der Waals surface area contributed by atoms with Crippen LogP contribution in [-0.4, -0.2) is 32.1 Å². The van der Waals surface area contributed by atoms with Crippen LogP contribution in [0.5, 0.6) is 23.0 Å². The van der Waals surface area contributed by atoms with Crippen molar-refractivity contribution in [3.8, 4) is 23.0 Å². The van der Waals surface area contributed by atoms with Crippen LogP contribution in [0.3, 0.4) is 0 Å². The Hall–Kier alpha value is -4.46. The molecular weight excluding hydrogens is 448 g/mol. The Bertz CT molecular complexity index is 1150. The second kappa shape index (κ2) is 13.3. The highest BCUT2D eigenvalue weighted by Crippen LogP contribution is 2.30. The molecule has 0 atom stereocenters. The van der Waals surface area contributed by atoms with Crippen LogP contribution in [0.25, 0.3) is 6.08 Å². The molecule has 3 rings (SSSR count). The van der Waals surface area contributed by atoms with E-state index in [-0.39, 0.29) is 6.61 Å². The largest absolute Gasteiger partial charge is 0.493 e. The zero-order valence-corrected chi connectivity index (χ0v) is 19.7. The smallest absolute Gasteiger partial charge is 0.276 e. The molecule has 182 valence electrons. The molecule has 0 aromatic heterocycles. The summed E-state index contributed by atoms with van der Waals surface area (Å²) in [6.45, 7) is 2.49. The Morgan fingerprint density at radius 1 is 0.800 bits per heavy atom. The number of ether oxygens (including phenoxy) is 4. The Labute approximate surface area is 204 Å². The normalized spacial score (nSPS) is 10.5. The van der Waals surface area contributed by atoms with Crippen molar-refractivity contribution < 1.29 is 28.5 Å². The third kappa shape index (κ3) is 8.12. The molecule has 0 radical (unpaired) electrons. The van der Waals surface area contributed by atoms with E-state index in [1.165, 1.54) is 13.2 Å². The Kier molecular flexibility index (Phi) is 9.56. The highest BCUT2D eigenvalue weighted by molar-refractivity contribution is 5.93. The summed E-state index contributed by atoms with van der Waals surface area (Å²) in [7, 11) is 1.51. The summed E-state index contributed by atoms with van der Waals surface area (Å²) < 4.78 is 22.2. The zero-order valence-electron chi connectivity index (χ0n) is 19.7. The lowest BCUT2D eigenvalue weighted by molar-refractivity contribution is -0.128. The summed E-state index contributed by atoms with van der Waals surface area (Å²) in [6.07, 6.45) is 2.91. The second-order valence-electron chi connectivity index (χ2n) is 7.22. The van der Waals surface area contributed by atoms with Gasteiger partial charge < -0.3 is 18.9 Å². The standard InChI is InChI=1S/C27H28N2O6/c1-3-33-25-17-20(13-15-24(25)34-18-21-9-5-4-6-10-21)14-16-26(30)28-29-27(31)19-35-23-12-8-7-11-22(23)32-2/h4-17H,3,18-19H2,1-2H3,(H,28,30)(H,29,31)/b16-14+. The van der Waals surface area contributed by atoms with Crippen LogP contribution >= 0.6 is 0 Å². The van der Waals surface area contributed by atoms with Gasteiger partial charge in [-0.1, -0.05) is 48.5 Å². The molecule has 0 aliphatic heterocycles. The van der Waals surface area contributed by atoms with E-state index in [0.717, 1.165) is 11.1 Å². The van der Waals surface area contributed by atoms with E-state index in [9.17, 15) is 9.59 Å². The molecule has 0 spiro atoms. The van der Waals surface area contributed by atoms with Gasteiger partial charge in [-0.2, -0.15) is 0 Å². The van der Waals surface area contributed by atoms with E-state index < -0.39 is 11.8 Å². The van der Waals surface area contributed by atoms with Crippen molar-refractivity contribution in [1.29, 1.82) is 0 Å². The van der Waals surface area contributed by atoms with Crippen LogP contribution in [0.15, 0.2) is 78.9 Å². The zero-order chi connectivity index (χ0) is 24.9. The predicted octanol–water partition coefficient (Wildman–Crippen LogP) is 3.91. The molecule has 8 nitrogen and oxygen atoms in total. The first-order chi connectivity index (χ1) is 17.1. The van der Waals surface area contributed by atoms with Gasteiger partial charge in [0.2, 0.25) is 0 Å². The molecular formula is C27H28N2O6. The number of para-hydroxylation sites is 2. The first kappa shape index (κ1) is 25.2. The molecule has 2 N–H and O–H groups in total. The molecule has 0 aliphatic carbocycles. The summed E-state index contributed by atoms with van der Waals surface area (Å²) in [6, 6.07) is 22.2. The van der Waals surface area contributed by atoms with Gasteiger partial charge in [-0.15, -0.1) is 0 Å². The minimum absolute atomic E-state index is 0.285. The van der Waals surface area contributed by atoms with Crippen molar-refractivity contribution in [3.63, 3.8) is 0 Å². The van der Waals surface area contributed by atoms with Gasteiger partial charge in [-0.3, -0.25) is 20.4 Å². The van der Waals surface area contributed by atoms with Gasteiger partial charge >= 0.3 is 0 Å². The van der Waals surface area contributed by atoms with Gasteiger partial charge in [0, 0.05) is 6.08 Å². The Balaban J connectivity index is 1.50. The quantitative estimate of drug-likeness (QED) is 0.322. The van der Waals surface area contributed by atoms with E-state index in [1.54, 1.807) is 42.5 Å². The minimum Gasteiger partial charge on any atom is -0.493 e. The fraction of sp³-hybridized carbons (Fsp3) is 0.185. The number of benzene rings is 3. The number of amides is 2. The van der Waals surface area contributed by atoms with Crippen LogP contribution < -0.4 is 29.8 Å². The number of nitrogens with one attached hydrogen (secondary N) is 2. The Morgan fingerprint density at radius 2 is 1.51 bits per heavy atom. The van der Waals surface area contributed by atoms with Crippen molar-refractivity contribution in [3.05, 3.63) is 90.0 Å². The van der Waals surface area contributed by atoms with Gasteiger partial charge in [-0.25, -0.2) is 0 Å². The SMILES string of the molecule is CCOc1cc(/C=C/C(=O)NNC(=O)COc2ccccc2OC)ccc1OCc1ccccc1. The van der Waals surface area contributed by atoms with Gasteiger partial charge in [0.05, 0.1) is 13.7 Å². The number of carbonyl (C=O) groups is 2. The molecule has 0 saturated carbocycles. The molecule has 0 unspecified atom stereocenters. The highest BCUT2D eigenvalue weighted by Gasteiger charge is 2.09.